The van der Waals surface area contributed by atoms with Crippen LogP contribution in [0.3, 0.4) is 0 Å². The molecule has 3 amide bonds. The normalized spacial score (nSPS) is 11.7. The van der Waals surface area contributed by atoms with Crippen LogP contribution in [0, 0.1) is 0 Å². The minimum absolute atomic E-state index is 0.116. The number of aldehydes is 1. The van der Waals surface area contributed by atoms with Gasteiger partial charge in [0.2, 0.25) is 17.7 Å². The van der Waals surface area contributed by atoms with Gasteiger partial charge in [-0.25, -0.2) is 0 Å². The molecule has 0 spiro atoms. The Morgan fingerprint density at radius 3 is 2.52 bits per heavy atom. The van der Waals surface area contributed by atoms with E-state index in [9.17, 15) is 19.2 Å². The first-order valence-electron chi connectivity index (χ1n) is 7.21. The Balaban J connectivity index is 3.76. The van der Waals surface area contributed by atoms with Crippen LogP contribution in [0.15, 0.2) is 12.2 Å². The summed E-state index contributed by atoms with van der Waals surface area (Å²) in [6.45, 7) is 2.36. The lowest BCUT2D eigenvalue weighted by atomic mass is 10.1. The molecule has 8 nitrogen and oxygen atoms in total. The van der Waals surface area contributed by atoms with Gasteiger partial charge in [0, 0.05) is 43.8 Å². The van der Waals surface area contributed by atoms with E-state index in [0.29, 0.717) is 37.0 Å². The summed E-state index contributed by atoms with van der Waals surface area (Å²) in [7, 11) is 0. The van der Waals surface area contributed by atoms with Gasteiger partial charge in [0.1, 0.15) is 6.29 Å². The maximum atomic E-state index is 11.6. The molecule has 1 unspecified atom stereocenters. The van der Waals surface area contributed by atoms with Gasteiger partial charge in [-0.15, -0.1) is 0 Å². The van der Waals surface area contributed by atoms with Crippen LogP contribution in [0.1, 0.15) is 26.2 Å². The molecular weight excluding hydrogens is 322 g/mol. The van der Waals surface area contributed by atoms with E-state index in [1.165, 1.54) is 0 Å². The summed E-state index contributed by atoms with van der Waals surface area (Å²) in [5, 5.41) is 7.84. The predicted molar refractivity (Wildman–Crippen MR) is 87.8 cm³/mol. The van der Waals surface area contributed by atoms with Crippen molar-refractivity contribution in [3.05, 3.63) is 12.2 Å². The second-order valence-electron chi connectivity index (χ2n) is 4.73. The standard InChI is InChI=1S/C14H23N3O5S/c1-11(4-5-13(20)16-8-10-23-22)17-14(21)6-7-15-12(19)3-2-9-18/h2-3,9,11,22H,4-8,10H2,1H3,(H,15,19)(H,16,20)(H,17,21)/b3-2-. The van der Waals surface area contributed by atoms with Gasteiger partial charge in [-0.05, 0) is 31.5 Å². The smallest absolute Gasteiger partial charge is 0.244 e. The van der Waals surface area contributed by atoms with Crippen LogP contribution in [-0.2, 0) is 19.2 Å². The van der Waals surface area contributed by atoms with Gasteiger partial charge in [-0.2, -0.15) is 0 Å². The largest absolute Gasteiger partial charge is 0.355 e. The molecule has 0 heterocycles. The van der Waals surface area contributed by atoms with Crippen molar-refractivity contribution < 1.29 is 23.7 Å². The quantitative estimate of drug-likeness (QED) is 0.169. The Bertz CT molecular complexity index is 429. The maximum Gasteiger partial charge on any atom is 0.244 e. The van der Waals surface area contributed by atoms with Gasteiger partial charge in [0.25, 0.3) is 0 Å². The van der Waals surface area contributed by atoms with Crippen molar-refractivity contribution in [1.82, 2.24) is 16.0 Å². The van der Waals surface area contributed by atoms with Gasteiger partial charge >= 0.3 is 0 Å². The summed E-state index contributed by atoms with van der Waals surface area (Å²) in [4.78, 5) is 44.3. The fraction of sp³-hybridized carbons (Fsp3) is 0.571. The number of rotatable bonds is 12. The van der Waals surface area contributed by atoms with Crippen molar-refractivity contribution in [1.29, 1.82) is 0 Å². The van der Waals surface area contributed by atoms with Crippen LogP contribution in [0.25, 0.3) is 0 Å². The van der Waals surface area contributed by atoms with Crippen molar-refractivity contribution >= 4 is 36.1 Å². The van der Waals surface area contributed by atoms with Crippen LogP contribution in [0.5, 0.6) is 0 Å². The minimum atomic E-state index is -0.435. The van der Waals surface area contributed by atoms with E-state index >= 15 is 0 Å². The third-order valence-corrected chi connectivity index (χ3v) is 3.09. The Hall–Kier alpha value is -1.87. The molecule has 0 aliphatic heterocycles. The summed E-state index contributed by atoms with van der Waals surface area (Å²) in [6.07, 6.45) is 3.55. The number of hydrogen-bond donors (Lipinski definition) is 4. The van der Waals surface area contributed by atoms with E-state index in [1.54, 1.807) is 6.92 Å². The number of hydrogen-bond acceptors (Lipinski definition) is 6. The van der Waals surface area contributed by atoms with E-state index in [0.717, 1.165) is 12.2 Å². The van der Waals surface area contributed by atoms with E-state index < -0.39 is 5.91 Å². The predicted octanol–water partition coefficient (Wildman–Crippen LogP) is -0.145. The molecule has 0 saturated carbocycles. The Morgan fingerprint density at radius 2 is 1.87 bits per heavy atom. The van der Waals surface area contributed by atoms with Crippen LogP contribution in [0.2, 0.25) is 0 Å². The summed E-state index contributed by atoms with van der Waals surface area (Å²) < 4.78 is 8.52. The molecule has 0 radical (unpaired) electrons. The molecule has 23 heavy (non-hydrogen) atoms. The summed E-state index contributed by atoms with van der Waals surface area (Å²) in [5.41, 5.74) is 0. The number of amides is 3. The first-order valence-corrected chi connectivity index (χ1v) is 8.16. The summed E-state index contributed by atoms with van der Waals surface area (Å²) in [6, 6.07) is -0.161. The third-order valence-electron chi connectivity index (χ3n) is 2.70. The average molecular weight is 345 g/mol. The SMILES string of the molecule is CC(CCC(=O)NCCSO)NC(=O)CCNC(=O)/C=C\C=O. The van der Waals surface area contributed by atoms with Crippen LogP contribution in [0.4, 0.5) is 0 Å². The average Bonchev–Trinajstić information content (AvgIpc) is 2.51. The third kappa shape index (κ3) is 13.5. The number of allylic oxidation sites excluding steroid dienone is 1. The number of carbonyl (C=O) groups is 4. The van der Waals surface area contributed by atoms with Crippen molar-refractivity contribution in [3.63, 3.8) is 0 Å². The highest BCUT2D eigenvalue weighted by molar-refractivity contribution is 7.93. The lowest BCUT2D eigenvalue weighted by Gasteiger charge is -2.13. The molecule has 4 N–H and O–H groups in total. The van der Waals surface area contributed by atoms with Crippen molar-refractivity contribution in [2.24, 2.45) is 0 Å². The molecular formula is C14H23N3O5S. The van der Waals surface area contributed by atoms with E-state index in [-0.39, 0.29) is 37.2 Å². The second kappa shape index (κ2) is 13.8. The highest BCUT2D eigenvalue weighted by Crippen LogP contribution is 1.97. The monoisotopic (exact) mass is 345 g/mol. The lowest BCUT2D eigenvalue weighted by molar-refractivity contribution is -0.123. The second-order valence-corrected chi connectivity index (χ2v) is 5.39. The molecule has 0 rings (SSSR count). The Morgan fingerprint density at radius 1 is 1.13 bits per heavy atom. The molecule has 1 atom stereocenters. The molecule has 0 aliphatic rings. The van der Waals surface area contributed by atoms with Crippen molar-refractivity contribution in [2.75, 3.05) is 18.8 Å². The first-order chi connectivity index (χ1) is 11.0. The van der Waals surface area contributed by atoms with Gasteiger partial charge in [0.05, 0.1) is 0 Å². The number of nitrogens with one attached hydrogen (secondary N) is 3. The van der Waals surface area contributed by atoms with Gasteiger partial charge in [0.15, 0.2) is 0 Å². The fourth-order valence-electron chi connectivity index (χ4n) is 1.58. The summed E-state index contributed by atoms with van der Waals surface area (Å²) >= 11 is 0.667. The summed E-state index contributed by atoms with van der Waals surface area (Å²) in [5.74, 6) is -0.356. The molecule has 0 aromatic rings. The molecule has 0 bridgehead atoms. The zero-order valence-corrected chi connectivity index (χ0v) is 13.9. The molecule has 0 fully saturated rings. The Kier molecular flexibility index (Phi) is 12.7. The first kappa shape index (κ1) is 21.1. The Labute approximate surface area is 139 Å². The lowest BCUT2D eigenvalue weighted by Crippen LogP contribution is -2.36. The fourth-order valence-corrected chi connectivity index (χ4v) is 1.77. The molecule has 0 aromatic heterocycles. The van der Waals surface area contributed by atoms with Gasteiger partial charge in [-0.1, -0.05) is 0 Å². The highest BCUT2D eigenvalue weighted by atomic mass is 32.2. The maximum absolute atomic E-state index is 11.6. The molecule has 0 saturated heterocycles. The molecule has 9 heteroatoms. The van der Waals surface area contributed by atoms with E-state index in [1.807, 2.05) is 0 Å². The molecule has 130 valence electrons. The van der Waals surface area contributed by atoms with Gasteiger partial charge < -0.3 is 20.5 Å². The molecule has 0 aromatic carbocycles. The minimum Gasteiger partial charge on any atom is -0.355 e. The van der Waals surface area contributed by atoms with Crippen LogP contribution in [-0.4, -0.2) is 53.4 Å². The van der Waals surface area contributed by atoms with E-state index in [2.05, 4.69) is 16.0 Å². The van der Waals surface area contributed by atoms with E-state index in [4.69, 9.17) is 4.55 Å². The topological polar surface area (TPSA) is 125 Å². The zero-order valence-electron chi connectivity index (χ0n) is 13.0. The van der Waals surface area contributed by atoms with Crippen molar-refractivity contribution in [2.45, 2.75) is 32.2 Å². The molecule has 0 aliphatic carbocycles. The van der Waals surface area contributed by atoms with Gasteiger partial charge in [-0.3, -0.25) is 19.2 Å². The highest BCUT2D eigenvalue weighted by Gasteiger charge is 2.10. The van der Waals surface area contributed by atoms with Crippen molar-refractivity contribution in [3.8, 4) is 0 Å². The van der Waals surface area contributed by atoms with Crippen LogP contribution >= 0.6 is 12.0 Å². The zero-order chi connectivity index (χ0) is 17.5. The number of carbonyl (C=O) groups excluding carboxylic acids is 4. The van der Waals surface area contributed by atoms with Crippen LogP contribution < -0.4 is 16.0 Å².